The molecule has 0 aromatic heterocycles. The van der Waals surface area contributed by atoms with Gasteiger partial charge in [0.1, 0.15) is 0 Å². The Morgan fingerprint density at radius 1 is 0.867 bits per heavy atom. The molecule has 0 heterocycles. The fourth-order valence-electron chi connectivity index (χ4n) is 1.58. The van der Waals surface area contributed by atoms with Crippen LogP contribution in [0.5, 0.6) is 0 Å². The molecule has 2 heteroatoms. The van der Waals surface area contributed by atoms with Crippen molar-refractivity contribution in [3.63, 3.8) is 0 Å². The van der Waals surface area contributed by atoms with Gasteiger partial charge in [0.15, 0.2) is 0 Å². The Labute approximate surface area is 94.8 Å². The second-order valence-corrected chi connectivity index (χ2v) is 4.22. The number of hydrogen-bond acceptors (Lipinski definition) is 1. The molecule has 2 nitrogen and oxygen atoms in total. The van der Waals surface area contributed by atoms with E-state index in [4.69, 9.17) is 0 Å². The van der Waals surface area contributed by atoms with Gasteiger partial charge in [-0.05, 0) is 12.8 Å². The third kappa shape index (κ3) is 11.4. The molecule has 0 atom stereocenters. The van der Waals surface area contributed by atoms with Crippen LogP contribution in [-0.4, -0.2) is 12.5 Å². The number of nitrogens with one attached hydrogen (secondary N) is 1. The minimum absolute atomic E-state index is 0.239. The zero-order valence-electron chi connectivity index (χ0n) is 10.5. The molecule has 15 heavy (non-hydrogen) atoms. The zero-order valence-corrected chi connectivity index (χ0v) is 10.5. The van der Waals surface area contributed by atoms with Gasteiger partial charge in [-0.1, -0.05) is 52.4 Å². The Hall–Kier alpha value is -0.530. The predicted molar refractivity (Wildman–Crippen MR) is 65.9 cm³/mol. The number of amides is 1. The van der Waals surface area contributed by atoms with Crippen molar-refractivity contribution in [3.05, 3.63) is 0 Å². The quantitative estimate of drug-likeness (QED) is 0.551. The molecule has 1 amide bonds. The number of unbranched alkanes of at least 4 members (excludes halogenated alkanes) is 6. The highest BCUT2D eigenvalue weighted by atomic mass is 16.1. The fraction of sp³-hybridized carbons (Fsp3) is 0.923. The first-order valence-corrected chi connectivity index (χ1v) is 6.58. The molecule has 0 aliphatic carbocycles. The van der Waals surface area contributed by atoms with Crippen LogP contribution in [0, 0.1) is 0 Å². The number of hydrogen-bond donors (Lipinski definition) is 1. The molecular formula is C13H27NO. The molecule has 0 saturated carbocycles. The van der Waals surface area contributed by atoms with Gasteiger partial charge in [-0.2, -0.15) is 0 Å². The van der Waals surface area contributed by atoms with Crippen LogP contribution in [0.4, 0.5) is 0 Å². The fourth-order valence-corrected chi connectivity index (χ4v) is 1.58. The van der Waals surface area contributed by atoms with Crippen LogP contribution in [0.25, 0.3) is 0 Å². The Morgan fingerprint density at radius 3 is 2.07 bits per heavy atom. The second-order valence-electron chi connectivity index (χ2n) is 4.22. The lowest BCUT2D eigenvalue weighted by atomic mass is 10.1. The van der Waals surface area contributed by atoms with Crippen LogP contribution >= 0.6 is 0 Å². The molecule has 0 spiro atoms. The van der Waals surface area contributed by atoms with E-state index in [1.165, 1.54) is 38.5 Å². The molecule has 0 radical (unpaired) electrons. The molecule has 0 rings (SSSR count). The van der Waals surface area contributed by atoms with Crippen LogP contribution in [0.2, 0.25) is 0 Å². The van der Waals surface area contributed by atoms with Crippen LogP contribution in [0.3, 0.4) is 0 Å². The lowest BCUT2D eigenvalue weighted by Crippen LogP contribution is -2.23. The van der Waals surface area contributed by atoms with Crippen molar-refractivity contribution in [1.82, 2.24) is 5.32 Å². The van der Waals surface area contributed by atoms with E-state index in [1.807, 2.05) is 0 Å². The summed E-state index contributed by atoms with van der Waals surface area (Å²) >= 11 is 0. The highest BCUT2D eigenvalue weighted by Crippen LogP contribution is 2.02. The molecule has 1 N–H and O–H groups in total. The number of carbonyl (C=O) groups excluding carboxylic acids is 1. The highest BCUT2D eigenvalue weighted by molar-refractivity contribution is 5.75. The molecule has 0 aromatic carbocycles. The first kappa shape index (κ1) is 14.5. The highest BCUT2D eigenvalue weighted by Gasteiger charge is 1.99. The lowest BCUT2D eigenvalue weighted by molar-refractivity contribution is -0.121. The largest absolute Gasteiger partial charge is 0.356 e. The van der Waals surface area contributed by atoms with Crippen LogP contribution < -0.4 is 5.32 Å². The van der Waals surface area contributed by atoms with Gasteiger partial charge in [-0.3, -0.25) is 4.79 Å². The van der Waals surface area contributed by atoms with Crippen molar-refractivity contribution < 1.29 is 4.79 Å². The van der Waals surface area contributed by atoms with Crippen molar-refractivity contribution in [2.45, 2.75) is 71.6 Å². The van der Waals surface area contributed by atoms with Crippen molar-refractivity contribution >= 4 is 5.91 Å². The van der Waals surface area contributed by atoms with Crippen molar-refractivity contribution in [2.75, 3.05) is 6.54 Å². The summed E-state index contributed by atoms with van der Waals surface area (Å²) in [5.74, 6) is 0.239. The maximum Gasteiger partial charge on any atom is 0.219 e. The van der Waals surface area contributed by atoms with E-state index in [2.05, 4.69) is 19.2 Å². The molecule has 0 aromatic rings. The Morgan fingerprint density at radius 2 is 1.47 bits per heavy atom. The minimum atomic E-state index is 0.239. The lowest BCUT2D eigenvalue weighted by Gasteiger charge is -2.04. The molecule has 0 unspecified atom stereocenters. The smallest absolute Gasteiger partial charge is 0.219 e. The summed E-state index contributed by atoms with van der Waals surface area (Å²) in [7, 11) is 0. The maximum atomic E-state index is 11.3. The molecule has 0 aliphatic rings. The van der Waals surface area contributed by atoms with Crippen LogP contribution in [0.1, 0.15) is 71.6 Å². The Kier molecular flexibility index (Phi) is 11.1. The number of rotatable bonds is 10. The van der Waals surface area contributed by atoms with E-state index in [0.717, 1.165) is 19.4 Å². The van der Waals surface area contributed by atoms with Gasteiger partial charge in [-0.15, -0.1) is 0 Å². The standard InChI is InChI=1S/C13H27NO/c1-3-5-7-9-11-13(15)14-12-10-8-6-4-2/h3-12H2,1-2H3,(H,14,15). The van der Waals surface area contributed by atoms with Crippen LogP contribution in [-0.2, 0) is 4.79 Å². The van der Waals surface area contributed by atoms with E-state index in [0.29, 0.717) is 6.42 Å². The van der Waals surface area contributed by atoms with Gasteiger partial charge in [0.05, 0.1) is 0 Å². The Bertz CT molecular complexity index is 145. The van der Waals surface area contributed by atoms with E-state index in [9.17, 15) is 4.79 Å². The van der Waals surface area contributed by atoms with Gasteiger partial charge in [0.2, 0.25) is 5.91 Å². The first-order chi connectivity index (χ1) is 7.31. The van der Waals surface area contributed by atoms with E-state index in [-0.39, 0.29) is 5.91 Å². The summed E-state index contributed by atoms with van der Waals surface area (Å²) in [6.07, 6.45) is 10.4. The van der Waals surface area contributed by atoms with Gasteiger partial charge in [0.25, 0.3) is 0 Å². The number of carbonyl (C=O) groups is 1. The van der Waals surface area contributed by atoms with Gasteiger partial charge < -0.3 is 5.32 Å². The van der Waals surface area contributed by atoms with Crippen molar-refractivity contribution in [1.29, 1.82) is 0 Å². The summed E-state index contributed by atoms with van der Waals surface area (Å²) in [6.45, 7) is 5.26. The topological polar surface area (TPSA) is 29.1 Å². The predicted octanol–water partition coefficient (Wildman–Crippen LogP) is 3.65. The summed E-state index contributed by atoms with van der Waals surface area (Å²) in [5.41, 5.74) is 0. The molecule has 0 fully saturated rings. The van der Waals surface area contributed by atoms with E-state index in [1.54, 1.807) is 0 Å². The summed E-state index contributed by atoms with van der Waals surface area (Å²) in [5, 5.41) is 2.98. The third-order valence-electron chi connectivity index (χ3n) is 2.61. The monoisotopic (exact) mass is 213 g/mol. The van der Waals surface area contributed by atoms with Crippen molar-refractivity contribution in [3.8, 4) is 0 Å². The normalized spacial score (nSPS) is 10.3. The SMILES string of the molecule is CCCCCCNC(=O)CCCCCC. The van der Waals surface area contributed by atoms with Crippen molar-refractivity contribution in [2.24, 2.45) is 0 Å². The molecule has 0 aliphatic heterocycles. The molecular weight excluding hydrogens is 186 g/mol. The van der Waals surface area contributed by atoms with Crippen LogP contribution in [0.15, 0.2) is 0 Å². The van der Waals surface area contributed by atoms with Gasteiger partial charge >= 0.3 is 0 Å². The van der Waals surface area contributed by atoms with Gasteiger partial charge in [-0.25, -0.2) is 0 Å². The minimum Gasteiger partial charge on any atom is -0.356 e. The molecule has 90 valence electrons. The Balaban J connectivity index is 3.11. The molecule has 0 saturated heterocycles. The van der Waals surface area contributed by atoms with E-state index < -0.39 is 0 Å². The third-order valence-corrected chi connectivity index (χ3v) is 2.61. The summed E-state index contributed by atoms with van der Waals surface area (Å²) in [4.78, 5) is 11.3. The maximum absolute atomic E-state index is 11.3. The first-order valence-electron chi connectivity index (χ1n) is 6.58. The second kappa shape index (κ2) is 11.5. The summed E-state index contributed by atoms with van der Waals surface area (Å²) < 4.78 is 0. The zero-order chi connectivity index (χ0) is 11.4. The van der Waals surface area contributed by atoms with Gasteiger partial charge in [0, 0.05) is 13.0 Å². The summed E-state index contributed by atoms with van der Waals surface area (Å²) in [6, 6.07) is 0. The molecule has 0 bridgehead atoms. The average molecular weight is 213 g/mol. The average Bonchev–Trinajstić information content (AvgIpc) is 2.24. The van der Waals surface area contributed by atoms with E-state index >= 15 is 0 Å².